The monoisotopic (exact) mass is 383 g/mol. The van der Waals surface area contributed by atoms with Crippen LogP contribution in [-0.4, -0.2) is 52.5 Å². The first-order valence-electron chi connectivity index (χ1n) is 9.60. The van der Waals surface area contributed by atoms with Crippen LogP contribution in [0.1, 0.15) is 58.3 Å². The molecule has 1 amide bonds. The predicted octanol–water partition coefficient (Wildman–Crippen LogP) is 2.93. The van der Waals surface area contributed by atoms with Gasteiger partial charge in [0.1, 0.15) is 5.60 Å². The Bertz CT molecular complexity index is 566. The van der Waals surface area contributed by atoms with Crippen LogP contribution in [0, 0.1) is 0 Å². The number of carbonyl (C=O) groups excluding carboxylic acids is 2. The van der Waals surface area contributed by atoms with E-state index in [4.69, 9.17) is 9.47 Å². The Kier molecular flexibility index (Phi) is 6.64. The molecule has 146 valence electrons. The number of nitrogens with one attached hydrogen (secondary N) is 1. The lowest BCUT2D eigenvalue weighted by Gasteiger charge is -2.43. The van der Waals surface area contributed by atoms with Crippen molar-refractivity contribution in [3.63, 3.8) is 0 Å². The highest BCUT2D eigenvalue weighted by molar-refractivity contribution is 8.14. The van der Waals surface area contributed by atoms with E-state index in [0.29, 0.717) is 31.6 Å². The van der Waals surface area contributed by atoms with Gasteiger partial charge in [-0.15, -0.1) is 0 Å². The van der Waals surface area contributed by atoms with Crippen molar-refractivity contribution in [3.05, 3.63) is 11.6 Å². The van der Waals surface area contributed by atoms with Gasteiger partial charge in [0.2, 0.25) is 0 Å². The fraction of sp³-hybridized carbons (Fsp3) is 0.789. The van der Waals surface area contributed by atoms with Gasteiger partial charge in [-0.1, -0.05) is 30.2 Å². The third-order valence-electron chi connectivity index (χ3n) is 5.57. The summed E-state index contributed by atoms with van der Waals surface area (Å²) in [4.78, 5) is 24.3. The maximum atomic E-state index is 12.6. The first-order valence-corrected chi connectivity index (χ1v) is 10.6. The summed E-state index contributed by atoms with van der Waals surface area (Å²) in [5.41, 5.74) is 0.246. The van der Waals surface area contributed by atoms with Crippen LogP contribution in [-0.2, 0) is 14.3 Å². The molecule has 2 N–H and O–H groups in total. The number of esters is 1. The summed E-state index contributed by atoms with van der Waals surface area (Å²) in [6, 6.07) is -0.214. The molecule has 3 aliphatic rings. The maximum Gasteiger partial charge on any atom is 0.331 e. The summed E-state index contributed by atoms with van der Waals surface area (Å²) in [7, 11) is 0. The normalized spacial score (nSPS) is 37.3. The minimum Gasteiger partial charge on any atom is -0.453 e. The summed E-state index contributed by atoms with van der Waals surface area (Å²) in [5, 5.41) is 13.2. The van der Waals surface area contributed by atoms with Crippen LogP contribution >= 0.6 is 11.8 Å². The van der Waals surface area contributed by atoms with Crippen LogP contribution in [0.5, 0.6) is 0 Å². The van der Waals surface area contributed by atoms with Gasteiger partial charge in [-0.2, -0.15) is 0 Å². The van der Waals surface area contributed by atoms with Crippen LogP contribution in [0.2, 0.25) is 0 Å². The number of carbonyl (C=O) groups is 2. The van der Waals surface area contributed by atoms with Crippen molar-refractivity contribution in [2.24, 2.45) is 0 Å². The van der Waals surface area contributed by atoms with E-state index >= 15 is 0 Å². The zero-order chi connectivity index (χ0) is 18.6. The van der Waals surface area contributed by atoms with E-state index in [1.807, 2.05) is 6.92 Å². The Hall–Kier alpha value is -1.05. The van der Waals surface area contributed by atoms with E-state index in [2.05, 4.69) is 5.32 Å². The number of allylic oxidation sites excluding steroid dienone is 1. The number of aliphatic hydroxyl groups is 1. The highest BCUT2D eigenvalue weighted by atomic mass is 32.2. The molecule has 0 aromatic carbocycles. The molecule has 0 radical (unpaired) electrons. The molecule has 1 unspecified atom stereocenters. The molecular weight excluding hydrogens is 354 g/mol. The largest absolute Gasteiger partial charge is 0.453 e. The third kappa shape index (κ3) is 5.02. The van der Waals surface area contributed by atoms with Gasteiger partial charge in [-0.3, -0.25) is 4.79 Å². The molecule has 6 nitrogen and oxygen atoms in total. The lowest BCUT2D eigenvalue weighted by Crippen LogP contribution is -2.57. The fourth-order valence-corrected chi connectivity index (χ4v) is 5.06. The molecule has 3 rings (SSSR count). The smallest absolute Gasteiger partial charge is 0.331 e. The van der Waals surface area contributed by atoms with Gasteiger partial charge < -0.3 is 19.9 Å². The average Bonchev–Trinajstić information content (AvgIpc) is 3.01. The highest BCUT2D eigenvalue weighted by Gasteiger charge is 2.49. The molecule has 7 heteroatoms. The van der Waals surface area contributed by atoms with Gasteiger partial charge >= 0.3 is 5.97 Å². The molecule has 0 aliphatic carbocycles. The van der Waals surface area contributed by atoms with Crippen molar-refractivity contribution in [1.82, 2.24) is 5.32 Å². The Morgan fingerprint density at radius 1 is 1.31 bits per heavy atom. The third-order valence-corrected chi connectivity index (χ3v) is 6.45. The molecule has 26 heavy (non-hydrogen) atoms. The Balaban J connectivity index is 1.83. The van der Waals surface area contributed by atoms with E-state index in [-0.39, 0.29) is 23.4 Å². The van der Waals surface area contributed by atoms with Gasteiger partial charge in [0, 0.05) is 24.7 Å². The topological polar surface area (TPSA) is 84.9 Å². The lowest BCUT2D eigenvalue weighted by molar-refractivity contribution is -0.176. The lowest BCUT2D eigenvalue weighted by atomic mass is 9.82. The molecule has 3 heterocycles. The van der Waals surface area contributed by atoms with Crippen LogP contribution in [0.25, 0.3) is 0 Å². The van der Waals surface area contributed by atoms with E-state index in [1.165, 1.54) is 11.8 Å². The van der Waals surface area contributed by atoms with E-state index in [1.54, 1.807) is 6.08 Å². The van der Waals surface area contributed by atoms with E-state index in [9.17, 15) is 14.7 Å². The zero-order valence-electron chi connectivity index (χ0n) is 15.4. The first-order chi connectivity index (χ1) is 12.5. The molecule has 0 spiro atoms. The molecule has 3 aliphatic heterocycles. The summed E-state index contributed by atoms with van der Waals surface area (Å²) in [6.07, 6.45) is 7.29. The number of aliphatic hydroxyl groups excluding tert-OH is 1. The van der Waals surface area contributed by atoms with Crippen LogP contribution < -0.4 is 5.32 Å². The average molecular weight is 384 g/mol. The molecule has 4 atom stereocenters. The molecule has 0 saturated carbocycles. The standard InChI is InChI=1S/C19H29NO5S/c1-13-5-3-2-4-6-14(21)10-15-11-19(7-8-24-15,25-17(22)9-13)16-12-26-18(23)20-16/h9,14-16,21H,2-8,10-12H2,1H3,(H,20,23)/t14-,15-,16?,19-/m1/s1. The van der Waals surface area contributed by atoms with Crippen molar-refractivity contribution in [3.8, 4) is 0 Å². The van der Waals surface area contributed by atoms with Crippen LogP contribution in [0.4, 0.5) is 4.79 Å². The molecule has 0 aromatic rings. The zero-order valence-corrected chi connectivity index (χ0v) is 16.2. The highest BCUT2D eigenvalue weighted by Crippen LogP contribution is 2.38. The number of hydrogen-bond donors (Lipinski definition) is 2. The Labute approximate surface area is 159 Å². The predicted molar refractivity (Wildman–Crippen MR) is 100 cm³/mol. The molecule has 2 bridgehead atoms. The van der Waals surface area contributed by atoms with E-state index in [0.717, 1.165) is 37.7 Å². The van der Waals surface area contributed by atoms with E-state index < -0.39 is 11.7 Å². The van der Waals surface area contributed by atoms with Gasteiger partial charge in [-0.05, 0) is 32.6 Å². The molecule has 2 fully saturated rings. The summed E-state index contributed by atoms with van der Waals surface area (Å²) >= 11 is 1.23. The number of hydrogen-bond acceptors (Lipinski definition) is 6. The van der Waals surface area contributed by atoms with Crippen molar-refractivity contribution in [2.45, 2.75) is 82.1 Å². The molecular formula is C19H29NO5S. The maximum absolute atomic E-state index is 12.6. The van der Waals surface area contributed by atoms with Crippen molar-refractivity contribution < 1.29 is 24.2 Å². The van der Waals surface area contributed by atoms with Crippen LogP contribution in [0.3, 0.4) is 0 Å². The van der Waals surface area contributed by atoms with Crippen LogP contribution in [0.15, 0.2) is 11.6 Å². The van der Waals surface area contributed by atoms with Crippen molar-refractivity contribution >= 4 is 23.0 Å². The first kappa shape index (κ1) is 19.7. The number of thioether (sulfide) groups is 1. The SMILES string of the molecule is CC1=CC(=O)O[C@]2(C3CSC(=O)N3)CCO[C@H](C[C@H](O)CCCCC1)C2. The molecule has 0 aromatic heterocycles. The van der Waals surface area contributed by atoms with Gasteiger partial charge in [0.15, 0.2) is 0 Å². The van der Waals surface area contributed by atoms with Gasteiger partial charge in [-0.25, -0.2) is 4.79 Å². The quantitative estimate of drug-likeness (QED) is 0.677. The Morgan fingerprint density at radius 3 is 2.92 bits per heavy atom. The van der Waals surface area contributed by atoms with Crippen molar-refractivity contribution in [1.29, 1.82) is 0 Å². The van der Waals surface area contributed by atoms with Gasteiger partial charge in [0.25, 0.3) is 5.24 Å². The van der Waals surface area contributed by atoms with Crippen molar-refractivity contribution in [2.75, 3.05) is 12.4 Å². The molecule has 2 saturated heterocycles. The second kappa shape index (κ2) is 8.76. The summed E-state index contributed by atoms with van der Waals surface area (Å²) < 4.78 is 11.8. The Morgan fingerprint density at radius 2 is 2.15 bits per heavy atom. The summed E-state index contributed by atoms with van der Waals surface area (Å²) in [5.74, 6) is 0.247. The number of amides is 1. The number of ether oxygens (including phenoxy) is 2. The second-order valence-corrected chi connectivity index (χ2v) is 8.70. The minimum atomic E-state index is -0.764. The summed E-state index contributed by atoms with van der Waals surface area (Å²) in [6.45, 7) is 2.42. The number of rotatable bonds is 1. The second-order valence-electron chi connectivity index (χ2n) is 7.71. The minimum absolute atomic E-state index is 0.0744. The number of fused-ring (bicyclic) bond motifs is 2. The van der Waals surface area contributed by atoms with Gasteiger partial charge in [0.05, 0.1) is 24.9 Å². The fourth-order valence-electron chi connectivity index (χ4n) is 4.13.